The van der Waals surface area contributed by atoms with Gasteiger partial charge in [-0.1, -0.05) is 11.6 Å². The van der Waals surface area contributed by atoms with Crippen LogP contribution in [-0.4, -0.2) is 41.9 Å². The highest BCUT2D eigenvalue weighted by molar-refractivity contribution is 7.99. The number of amides is 1. The van der Waals surface area contributed by atoms with Crippen LogP contribution in [0.3, 0.4) is 0 Å². The van der Waals surface area contributed by atoms with E-state index in [1.807, 2.05) is 11.8 Å². The largest absolute Gasteiger partial charge is 0.399 e. The number of carbonyl (C=O) groups is 1. The predicted molar refractivity (Wildman–Crippen MR) is 82.9 cm³/mol. The Labute approximate surface area is 122 Å². The lowest BCUT2D eigenvalue weighted by Crippen LogP contribution is -2.34. The van der Waals surface area contributed by atoms with E-state index in [0.29, 0.717) is 22.8 Å². The Morgan fingerprint density at radius 3 is 2.84 bits per heavy atom. The number of anilines is 2. The van der Waals surface area contributed by atoms with Crippen LogP contribution in [0.4, 0.5) is 11.4 Å². The van der Waals surface area contributed by atoms with Crippen LogP contribution in [0, 0.1) is 0 Å². The molecule has 0 aromatic heterocycles. The van der Waals surface area contributed by atoms with E-state index in [1.165, 1.54) is 0 Å². The molecule has 4 nitrogen and oxygen atoms in total. The van der Waals surface area contributed by atoms with E-state index >= 15 is 0 Å². The first kappa shape index (κ1) is 14.5. The fraction of sp³-hybridized carbons (Fsp3) is 0.462. The van der Waals surface area contributed by atoms with Gasteiger partial charge in [0.1, 0.15) is 0 Å². The van der Waals surface area contributed by atoms with Crippen LogP contribution < -0.4 is 11.1 Å². The van der Waals surface area contributed by atoms with E-state index in [-0.39, 0.29) is 5.91 Å². The molecule has 1 saturated heterocycles. The quantitative estimate of drug-likeness (QED) is 0.838. The summed E-state index contributed by atoms with van der Waals surface area (Å²) in [7, 11) is 0. The molecule has 3 N–H and O–H groups in total. The van der Waals surface area contributed by atoms with Crippen molar-refractivity contribution in [3.8, 4) is 0 Å². The highest BCUT2D eigenvalue weighted by Crippen LogP contribution is 2.24. The third kappa shape index (κ3) is 4.60. The molecule has 1 amide bonds. The number of carbonyl (C=O) groups excluding carboxylic acids is 1. The summed E-state index contributed by atoms with van der Waals surface area (Å²) < 4.78 is 0. The molecule has 0 atom stereocenters. The van der Waals surface area contributed by atoms with E-state index in [0.717, 1.165) is 31.1 Å². The molecular weight excluding hydrogens is 282 g/mol. The van der Waals surface area contributed by atoms with Crippen molar-refractivity contribution < 1.29 is 4.79 Å². The summed E-state index contributed by atoms with van der Waals surface area (Å²) in [6, 6.07) is 5.09. The molecular formula is C13H18ClN3OS. The highest BCUT2D eigenvalue weighted by atomic mass is 35.5. The van der Waals surface area contributed by atoms with Gasteiger partial charge in [-0.05, 0) is 18.2 Å². The summed E-state index contributed by atoms with van der Waals surface area (Å²) in [5.74, 6) is 2.31. The van der Waals surface area contributed by atoms with Crippen LogP contribution >= 0.6 is 23.4 Å². The van der Waals surface area contributed by atoms with Gasteiger partial charge in [-0.15, -0.1) is 0 Å². The number of nitrogens with two attached hydrogens (primary N) is 1. The number of hydrogen-bond acceptors (Lipinski definition) is 4. The molecule has 2 rings (SSSR count). The van der Waals surface area contributed by atoms with E-state index in [4.69, 9.17) is 17.3 Å². The number of rotatable bonds is 4. The lowest BCUT2D eigenvalue weighted by molar-refractivity contribution is -0.116. The fourth-order valence-electron chi connectivity index (χ4n) is 1.93. The smallest absolute Gasteiger partial charge is 0.225 e. The third-order valence-electron chi connectivity index (χ3n) is 3.03. The van der Waals surface area contributed by atoms with Gasteiger partial charge in [0.05, 0.1) is 10.7 Å². The average Bonchev–Trinajstić information content (AvgIpc) is 2.41. The minimum absolute atomic E-state index is 0.00935. The lowest BCUT2D eigenvalue weighted by Gasteiger charge is -2.25. The van der Waals surface area contributed by atoms with Crippen LogP contribution in [0.1, 0.15) is 6.42 Å². The molecule has 0 spiro atoms. The molecule has 6 heteroatoms. The average molecular weight is 300 g/mol. The zero-order chi connectivity index (χ0) is 13.7. The molecule has 0 bridgehead atoms. The standard InChI is InChI=1S/C13H18ClN3OS/c14-11-9-10(15)1-2-12(11)16-13(18)3-4-17-5-7-19-8-6-17/h1-2,9H,3-8,15H2,(H,16,18). The minimum Gasteiger partial charge on any atom is -0.399 e. The molecule has 0 radical (unpaired) electrons. The van der Waals surface area contributed by atoms with Crippen molar-refractivity contribution in [3.63, 3.8) is 0 Å². The number of thioether (sulfide) groups is 1. The van der Waals surface area contributed by atoms with E-state index in [9.17, 15) is 4.79 Å². The molecule has 1 aliphatic heterocycles. The topological polar surface area (TPSA) is 58.4 Å². The summed E-state index contributed by atoms with van der Waals surface area (Å²) in [5, 5.41) is 3.29. The number of nitrogen functional groups attached to an aromatic ring is 1. The molecule has 0 aliphatic carbocycles. The second-order valence-corrected chi connectivity index (χ2v) is 6.12. The number of hydrogen-bond donors (Lipinski definition) is 2. The van der Waals surface area contributed by atoms with Crippen LogP contribution in [0.15, 0.2) is 18.2 Å². The zero-order valence-electron chi connectivity index (χ0n) is 10.7. The number of halogens is 1. The van der Waals surface area contributed by atoms with Crippen LogP contribution in [0.2, 0.25) is 5.02 Å². The third-order valence-corrected chi connectivity index (χ3v) is 4.28. The monoisotopic (exact) mass is 299 g/mol. The Bertz CT molecular complexity index is 450. The summed E-state index contributed by atoms with van der Waals surface area (Å²) in [6.07, 6.45) is 0.491. The number of nitrogens with one attached hydrogen (secondary N) is 1. The van der Waals surface area contributed by atoms with Gasteiger partial charge in [-0.25, -0.2) is 0 Å². The van der Waals surface area contributed by atoms with Crippen molar-refractivity contribution >= 4 is 40.6 Å². The Balaban J connectivity index is 1.80. The molecule has 1 aromatic rings. The molecule has 1 aliphatic rings. The van der Waals surface area contributed by atoms with Gasteiger partial charge in [0.15, 0.2) is 0 Å². The first-order valence-electron chi connectivity index (χ1n) is 6.30. The highest BCUT2D eigenvalue weighted by Gasteiger charge is 2.12. The van der Waals surface area contributed by atoms with E-state index in [1.54, 1.807) is 18.2 Å². The maximum atomic E-state index is 11.9. The van der Waals surface area contributed by atoms with Crippen molar-refractivity contribution in [1.29, 1.82) is 0 Å². The second kappa shape index (κ2) is 7.03. The van der Waals surface area contributed by atoms with E-state index < -0.39 is 0 Å². The summed E-state index contributed by atoms with van der Waals surface area (Å²) in [5.41, 5.74) is 6.82. The Hall–Kier alpha value is -0.910. The Morgan fingerprint density at radius 1 is 1.42 bits per heavy atom. The van der Waals surface area contributed by atoms with Gasteiger partial charge >= 0.3 is 0 Å². The van der Waals surface area contributed by atoms with Gasteiger partial charge in [-0.3, -0.25) is 4.79 Å². The van der Waals surface area contributed by atoms with Crippen LogP contribution in [0.5, 0.6) is 0 Å². The minimum atomic E-state index is -0.00935. The molecule has 0 saturated carbocycles. The van der Waals surface area contributed by atoms with Gasteiger partial charge in [-0.2, -0.15) is 11.8 Å². The predicted octanol–water partition coefficient (Wildman–Crippen LogP) is 2.30. The van der Waals surface area contributed by atoms with Crippen LogP contribution in [-0.2, 0) is 4.79 Å². The fourth-order valence-corrected chi connectivity index (χ4v) is 3.14. The van der Waals surface area contributed by atoms with Crippen molar-refractivity contribution in [3.05, 3.63) is 23.2 Å². The molecule has 19 heavy (non-hydrogen) atoms. The number of benzene rings is 1. The molecule has 1 aromatic carbocycles. The Morgan fingerprint density at radius 2 is 2.16 bits per heavy atom. The summed E-state index contributed by atoms with van der Waals surface area (Å²) in [4.78, 5) is 14.2. The molecule has 1 heterocycles. The molecule has 104 valence electrons. The van der Waals surface area contributed by atoms with Crippen LogP contribution in [0.25, 0.3) is 0 Å². The SMILES string of the molecule is Nc1ccc(NC(=O)CCN2CCSCC2)c(Cl)c1. The number of nitrogens with zero attached hydrogens (tertiary/aromatic N) is 1. The zero-order valence-corrected chi connectivity index (χ0v) is 12.3. The maximum Gasteiger partial charge on any atom is 0.225 e. The normalized spacial score (nSPS) is 16.3. The van der Waals surface area contributed by atoms with E-state index in [2.05, 4.69) is 10.2 Å². The van der Waals surface area contributed by atoms with Crippen molar-refractivity contribution in [2.24, 2.45) is 0 Å². The van der Waals surface area contributed by atoms with Gasteiger partial charge in [0, 0.05) is 43.2 Å². The van der Waals surface area contributed by atoms with Crippen molar-refractivity contribution in [2.75, 3.05) is 42.2 Å². The van der Waals surface area contributed by atoms with Gasteiger partial charge in [0.2, 0.25) is 5.91 Å². The lowest BCUT2D eigenvalue weighted by atomic mass is 10.2. The second-order valence-electron chi connectivity index (χ2n) is 4.49. The maximum absolute atomic E-state index is 11.9. The van der Waals surface area contributed by atoms with Crippen molar-refractivity contribution in [2.45, 2.75) is 6.42 Å². The molecule has 1 fully saturated rings. The summed E-state index contributed by atoms with van der Waals surface area (Å²) >= 11 is 7.98. The summed E-state index contributed by atoms with van der Waals surface area (Å²) in [6.45, 7) is 2.94. The molecule has 0 unspecified atom stereocenters. The van der Waals surface area contributed by atoms with Crippen molar-refractivity contribution in [1.82, 2.24) is 4.90 Å². The first-order chi connectivity index (χ1) is 9.15. The van der Waals surface area contributed by atoms with Gasteiger partial charge in [0.25, 0.3) is 0 Å². The Kier molecular flexibility index (Phi) is 5.36. The van der Waals surface area contributed by atoms with Gasteiger partial charge < -0.3 is 16.0 Å². The first-order valence-corrected chi connectivity index (χ1v) is 7.83.